The average molecular weight is 242 g/mol. The Kier molecular flexibility index (Phi) is 4.78. The van der Waals surface area contributed by atoms with Crippen LogP contribution in [0.5, 0.6) is 0 Å². The van der Waals surface area contributed by atoms with E-state index in [1.165, 1.54) is 6.42 Å². The van der Waals surface area contributed by atoms with E-state index in [1.54, 1.807) is 13.8 Å². The van der Waals surface area contributed by atoms with Crippen LogP contribution in [-0.4, -0.2) is 29.2 Å². The van der Waals surface area contributed by atoms with Gasteiger partial charge in [0.15, 0.2) is 0 Å². The minimum Gasteiger partial charge on any atom is -0.480 e. The summed E-state index contributed by atoms with van der Waals surface area (Å²) in [5, 5.41) is 14.5. The number of hydrogen-bond acceptors (Lipinski definition) is 2. The lowest BCUT2D eigenvalue weighted by Gasteiger charge is -2.30. The van der Waals surface area contributed by atoms with Crippen LogP contribution >= 0.6 is 0 Å². The van der Waals surface area contributed by atoms with E-state index in [0.29, 0.717) is 25.3 Å². The summed E-state index contributed by atoms with van der Waals surface area (Å²) in [5.74, 6) is -0.399. The molecule has 0 unspecified atom stereocenters. The molecule has 0 aromatic heterocycles. The van der Waals surface area contributed by atoms with Crippen LogP contribution in [0.4, 0.5) is 4.79 Å². The molecule has 0 aromatic rings. The number of carbonyl (C=O) groups is 2. The number of carbonyl (C=O) groups excluding carboxylic acids is 1. The van der Waals surface area contributed by atoms with Crippen molar-refractivity contribution in [3.63, 3.8) is 0 Å². The highest BCUT2D eigenvalue weighted by atomic mass is 16.4. The van der Waals surface area contributed by atoms with Crippen molar-refractivity contribution in [2.45, 2.75) is 51.5 Å². The molecule has 0 aromatic carbocycles. The average Bonchev–Trinajstić information content (AvgIpc) is 2.23. The van der Waals surface area contributed by atoms with Crippen LogP contribution in [0.1, 0.15) is 46.0 Å². The van der Waals surface area contributed by atoms with Gasteiger partial charge >= 0.3 is 12.0 Å². The predicted molar refractivity (Wildman–Crippen MR) is 64.8 cm³/mol. The largest absolute Gasteiger partial charge is 0.480 e. The first-order valence-electron chi connectivity index (χ1n) is 6.33. The molecule has 0 radical (unpaired) electrons. The number of aliphatic carboxylic acids is 1. The third-order valence-electron chi connectivity index (χ3n) is 3.75. The Morgan fingerprint density at radius 2 is 1.88 bits per heavy atom. The topological polar surface area (TPSA) is 78.4 Å². The van der Waals surface area contributed by atoms with Gasteiger partial charge in [-0.05, 0) is 31.6 Å². The van der Waals surface area contributed by atoms with Crippen molar-refractivity contribution in [1.29, 1.82) is 0 Å². The van der Waals surface area contributed by atoms with Crippen LogP contribution in [0.3, 0.4) is 0 Å². The maximum absolute atomic E-state index is 11.6. The van der Waals surface area contributed by atoms with E-state index in [4.69, 9.17) is 5.11 Å². The summed E-state index contributed by atoms with van der Waals surface area (Å²) in [4.78, 5) is 22.8. The molecule has 0 heterocycles. The first-order chi connectivity index (χ1) is 8.04. The Morgan fingerprint density at radius 3 is 2.24 bits per heavy atom. The highest BCUT2D eigenvalue weighted by Gasteiger charge is 2.36. The first-order valence-corrected chi connectivity index (χ1v) is 6.33. The molecule has 17 heavy (non-hydrogen) atoms. The second-order valence-corrected chi connectivity index (χ2v) is 4.73. The fraction of sp³-hybridized carbons (Fsp3) is 0.833. The van der Waals surface area contributed by atoms with E-state index in [0.717, 1.165) is 12.8 Å². The third-order valence-corrected chi connectivity index (χ3v) is 3.75. The van der Waals surface area contributed by atoms with Crippen molar-refractivity contribution in [3.05, 3.63) is 0 Å². The van der Waals surface area contributed by atoms with E-state index in [2.05, 4.69) is 10.6 Å². The van der Waals surface area contributed by atoms with Gasteiger partial charge in [-0.2, -0.15) is 0 Å². The highest BCUT2D eigenvalue weighted by molar-refractivity contribution is 5.86. The number of carboxylic acids is 1. The quantitative estimate of drug-likeness (QED) is 0.663. The molecule has 1 rings (SSSR count). The summed E-state index contributed by atoms with van der Waals surface area (Å²) >= 11 is 0. The van der Waals surface area contributed by atoms with Crippen LogP contribution in [0, 0.1) is 5.92 Å². The molecule has 1 aliphatic rings. The number of rotatable bonds is 6. The smallest absolute Gasteiger partial charge is 0.329 e. The molecule has 1 saturated carbocycles. The molecule has 98 valence electrons. The lowest BCUT2D eigenvalue weighted by Crippen LogP contribution is -2.57. The maximum Gasteiger partial charge on any atom is 0.329 e. The SMILES string of the molecule is CCC(CC)(NC(=O)NCC1CCC1)C(=O)O. The summed E-state index contributed by atoms with van der Waals surface area (Å²) in [7, 11) is 0. The third kappa shape index (κ3) is 3.35. The van der Waals surface area contributed by atoms with Gasteiger partial charge in [0.25, 0.3) is 0 Å². The summed E-state index contributed by atoms with van der Waals surface area (Å²) in [6.45, 7) is 4.18. The number of urea groups is 1. The monoisotopic (exact) mass is 242 g/mol. The Hall–Kier alpha value is -1.26. The number of carboxylic acid groups (broad SMARTS) is 1. The Balaban J connectivity index is 2.42. The molecule has 0 atom stereocenters. The normalized spacial score (nSPS) is 16.1. The Bertz CT molecular complexity index is 283. The van der Waals surface area contributed by atoms with Crippen molar-refractivity contribution in [3.8, 4) is 0 Å². The molecule has 5 nitrogen and oxygen atoms in total. The van der Waals surface area contributed by atoms with Gasteiger partial charge in [-0.1, -0.05) is 20.3 Å². The molecular weight excluding hydrogens is 220 g/mol. The molecule has 0 saturated heterocycles. The van der Waals surface area contributed by atoms with Crippen molar-refractivity contribution in [1.82, 2.24) is 10.6 Å². The number of nitrogens with one attached hydrogen (secondary N) is 2. The molecule has 0 spiro atoms. The lowest BCUT2D eigenvalue weighted by molar-refractivity contribution is -0.144. The number of amides is 2. The zero-order valence-corrected chi connectivity index (χ0v) is 10.6. The van der Waals surface area contributed by atoms with Gasteiger partial charge in [0.05, 0.1) is 0 Å². The highest BCUT2D eigenvalue weighted by Crippen LogP contribution is 2.25. The molecule has 2 amide bonds. The maximum atomic E-state index is 11.6. The van der Waals surface area contributed by atoms with Crippen molar-refractivity contribution in [2.24, 2.45) is 5.92 Å². The first kappa shape index (κ1) is 13.8. The zero-order chi connectivity index (χ0) is 12.9. The van der Waals surface area contributed by atoms with Crippen molar-refractivity contribution in [2.75, 3.05) is 6.54 Å². The van der Waals surface area contributed by atoms with Crippen molar-refractivity contribution >= 4 is 12.0 Å². The molecule has 5 heteroatoms. The molecule has 1 fully saturated rings. The van der Waals surface area contributed by atoms with Crippen molar-refractivity contribution < 1.29 is 14.7 Å². The molecule has 1 aliphatic carbocycles. The standard InChI is InChI=1S/C12H22N2O3/c1-3-12(4-2,10(15)16)14-11(17)13-8-9-6-5-7-9/h9H,3-8H2,1-2H3,(H,15,16)(H2,13,14,17). The van der Waals surface area contributed by atoms with Gasteiger partial charge < -0.3 is 15.7 Å². The van der Waals surface area contributed by atoms with Gasteiger partial charge in [-0.15, -0.1) is 0 Å². The molecular formula is C12H22N2O3. The van der Waals surface area contributed by atoms with Gasteiger partial charge in [-0.3, -0.25) is 0 Å². The second-order valence-electron chi connectivity index (χ2n) is 4.73. The Morgan fingerprint density at radius 1 is 1.29 bits per heavy atom. The van der Waals surface area contributed by atoms with Crippen LogP contribution in [0.15, 0.2) is 0 Å². The summed E-state index contributed by atoms with van der Waals surface area (Å²) in [6, 6.07) is -0.372. The lowest BCUT2D eigenvalue weighted by atomic mass is 9.85. The van der Waals surface area contributed by atoms with E-state index >= 15 is 0 Å². The Labute approximate surface area is 102 Å². The fourth-order valence-electron chi connectivity index (χ4n) is 1.98. The van der Waals surface area contributed by atoms with Crippen LogP contribution in [-0.2, 0) is 4.79 Å². The van der Waals surface area contributed by atoms with Crippen LogP contribution in [0.2, 0.25) is 0 Å². The van der Waals surface area contributed by atoms with E-state index in [-0.39, 0.29) is 6.03 Å². The van der Waals surface area contributed by atoms with E-state index < -0.39 is 11.5 Å². The molecule has 0 aliphatic heterocycles. The minimum atomic E-state index is -1.14. The molecule has 0 bridgehead atoms. The zero-order valence-electron chi connectivity index (χ0n) is 10.6. The summed E-state index contributed by atoms with van der Waals surface area (Å²) in [6.07, 6.45) is 4.32. The van der Waals surface area contributed by atoms with E-state index in [1.807, 2.05) is 0 Å². The summed E-state index contributed by atoms with van der Waals surface area (Å²) in [5.41, 5.74) is -1.14. The van der Waals surface area contributed by atoms with Gasteiger partial charge in [0, 0.05) is 6.54 Å². The van der Waals surface area contributed by atoms with Gasteiger partial charge in [-0.25, -0.2) is 9.59 Å². The van der Waals surface area contributed by atoms with Crippen LogP contribution in [0.25, 0.3) is 0 Å². The van der Waals surface area contributed by atoms with E-state index in [9.17, 15) is 9.59 Å². The number of hydrogen-bond donors (Lipinski definition) is 3. The fourth-order valence-corrected chi connectivity index (χ4v) is 1.98. The summed E-state index contributed by atoms with van der Waals surface area (Å²) < 4.78 is 0. The van der Waals surface area contributed by atoms with Gasteiger partial charge in [0.2, 0.25) is 0 Å². The predicted octanol–water partition coefficient (Wildman–Crippen LogP) is 1.73. The minimum absolute atomic E-state index is 0.372. The molecule has 3 N–H and O–H groups in total. The van der Waals surface area contributed by atoms with Crippen LogP contribution < -0.4 is 10.6 Å². The van der Waals surface area contributed by atoms with Gasteiger partial charge in [0.1, 0.15) is 5.54 Å². The second kappa shape index (κ2) is 5.89.